The SMILES string of the molecule is CC[Si](CC)OC(OC)c1ccccc1. The van der Waals surface area contributed by atoms with Gasteiger partial charge in [0.1, 0.15) is 0 Å². The lowest BCUT2D eigenvalue weighted by molar-refractivity contribution is -0.0595. The van der Waals surface area contributed by atoms with Gasteiger partial charge in [-0.25, -0.2) is 0 Å². The van der Waals surface area contributed by atoms with Crippen LogP contribution in [0.3, 0.4) is 0 Å². The zero-order valence-electron chi connectivity index (χ0n) is 9.69. The molecule has 0 aliphatic rings. The zero-order valence-corrected chi connectivity index (χ0v) is 10.7. The minimum atomic E-state index is -0.706. The van der Waals surface area contributed by atoms with E-state index in [-0.39, 0.29) is 6.29 Å². The van der Waals surface area contributed by atoms with E-state index in [4.69, 9.17) is 9.16 Å². The summed E-state index contributed by atoms with van der Waals surface area (Å²) >= 11 is 0. The van der Waals surface area contributed by atoms with Crippen LogP contribution < -0.4 is 0 Å². The van der Waals surface area contributed by atoms with Crippen molar-refractivity contribution in [3.8, 4) is 0 Å². The first-order valence-electron chi connectivity index (χ1n) is 5.40. The monoisotopic (exact) mass is 223 g/mol. The van der Waals surface area contributed by atoms with Gasteiger partial charge in [0.05, 0.1) is 0 Å². The second kappa shape index (κ2) is 6.77. The van der Waals surface area contributed by atoms with Gasteiger partial charge in [0, 0.05) is 12.7 Å². The Hall–Kier alpha value is -0.643. The standard InChI is InChI=1S/C12H19O2Si/c1-4-15(5-2)14-12(13-3)11-9-7-6-8-10-11/h6-10,12H,4-5H2,1-3H3. The molecule has 1 unspecified atom stereocenters. The van der Waals surface area contributed by atoms with E-state index in [1.165, 1.54) is 0 Å². The van der Waals surface area contributed by atoms with Crippen LogP contribution in [0.2, 0.25) is 12.1 Å². The highest BCUT2D eigenvalue weighted by atomic mass is 28.3. The minimum Gasteiger partial charge on any atom is -0.389 e. The third-order valence-electron chi connectivity index (χ3n) is 2.35. The number of rotatable bonds is 6. The van der Waals surface area contributed by atoms with Gasteiger partial charge in [-0.05, 0) is 12.1 Å². The Morgan fingerprint density at radius 1 is 1.13 bits per heavy atom. The molecule has 0 fully saturated rings. The number of hydrogen-bond donors (Lipinski definition) is 0. The summed E-state index contributed by atoms with van der Waals surface area (Å²) in [6, 6.07) is 12.3. The fraction of sp³-hybridized carbons (Fsp3) is 0.500. The van der Waals surface area contributed by atoms with Crippen molar-refractivity contribution in [1.82, 2.24) is 0 Å². The summed E-state index contributed by atoms with van der Waals surface area (Å²) in [5.41, 5.74) is 1.10. The van der Waals surface area contributed by atoms with Crippen LogP contribution in [0.1, 0.15) is 25.7 Å². The van der Waals surface area contributed by atoms with Crippen LogP contribution in [0.5, 0.6) is 0 Å². The Kier molecular flexibility index (Phi) is 5.61. The van der Waals surface area contributed by atoms with Gasteiger partial charge in [-0.2, -0.15) is 0 Å². The van der Waals surface area contributed by atoms with Crippen molar-refractivity contribution in [3.63, 3.8) is 0 Å². The summed E-state index contributed by atoms with van der Waals surface area (Å²) in [6.45, 7) is 4.35. The van der Waals surface area contributed by atoms with Crippen LogP contribution in [0.4, 0.5) is 0 Å². The maximum absolute atomic E-state index is 5.96. The molecule has 0 heterocycles. The average Bonchev–Trinajstić information content (AvgIpc) is 2.32. The molecule has 0 amide bonds. The van der Waals surface area contributed by atoms with Gasteiger partial charge in [0.2, 0.25) is 9.04 Å². The van der Waals surface area contributed by atoms with E-state index in [0.29, 0.717) is 0 Å². The van der Waals surface area contributed by atoms with Crippen LogP contribution in [0, 0.1) is 0 Å². The van der Waals surface area contributed by atoms with Gasteiger partial charge in [0.15, 0.2) is 6.29 Å². The van der Waals surface area contributed by atoms with Gasteiger partial charge >= 0.3 is 0 Å². The van der Waals surface area contributed by atoms with Crippen molar-refractivity contribution in [2.75, 3.05) is 7.11 Å². The highest BCUT2D eigenvalue weighted by molar-refractivity contribution is 6.51. The highest BCUT2D eigenvalue weighted by Gasteiger charge is 2.16. The maximum Gasteiger partial charge on any atom is 0.214 e. The molecule has 1 radical (unpaired) electrons. The van der Waals surface area contributed by atoms with Crippen LogP contribution in [0.25, 0.3) is 0 Å². The topological polar surface area (TPSA) is 18.5 Å². The van der Waals surface area contributed by atoms with Gasteiger partial charge in [-0.15, -0.1) is 0 Å². The molecule has 0 aliphatic carbocycles. The molecule has 1 aromatic rings. The molecular formula is C12H19O2Si. The van der Waals surface area contributed by atoms with Crippen molar-refractivity contribution in [2.45, 2.75) is 32.2 Å². The van der Waals surface area contributed by atoms with Crippen LogP contribution in [-0.2, 0) is 9.16 Å². The van der Waals surface area contributed by atoms with Crippen molar-refractivity contribution in [1.29, 1.82) is 0 Å². The molecule has 0 aromatic heterocycles. The molecular weight excluding hydrogens is 204 g/mol. The smallest absolute Gasteiger partial charge is 0.214 e. The van der Waals surface area contributed by atoms with Crippen LogP contribution in [-0.4, -0.2) is 16.2 Å². The molecule has 0 N–H and O–H groups in total. The summed E-state index contributed by atoms with van der Waals surface area (Å²) in [4.78, 5) is 0. The molecule has 0 bridgehead atoms. The van der Waals surface area contributed by atoms with E-state index in [0.717, 1.165) is 17.7 Å². The van der Waals surface area contributed by atoms with E-state index in [9.17, 15) is 0 Å². The molecule has 2 nitrogen and oxygen atoms in total. The lowest BCUT2D eigenvalue weighted by atomic mass is 10.2. The molecule has 0 saturated heterocycles. The second-order valence-corrected chi connectivity index (χ2v) is 6.07. The zero-order chi connectivity index (χ0) is 11.1. The maximum atomic E-state index is 5.96. The van der Waals surface area contributed by atoms with E-state index in [2.05, 4.69) is 13.8 Å². The van der Waals surface area contributed by atoms with Crippen LogP contribution >= 0.6 is 0 Å². The molecule has 0 spiro atoms. The summed E-state index contributed by atoms with van der Waals surface area (Å²) in [7, 11) is 0.991. The first kappa shape index (κ1) is 12.4. The van der Waals surface area contributed by atoms with Crippen molar-refractivity contribution in [2.24, 2.45) is 0 Å². The Bertz CT molecular complexity index is 260. The number of benzene rings is 1. The van der Waals surface area contributed by atoms with E-state index >= 15 is 0 Å². The minimum absolute atomic E-state index is 0.194. The van der Waals surface area contributed by atoms with Gasteiger partial charge < -0.3 is 9.16 Å². The Morgan fingerprint density at radius 3 is 2.20 bits per heavy atom. The van der Waals surface area contributed by atoms with Crippen molar-refractivity contribution in [3.05, 3.63) is 35.9 Å². The van der Waals surface area contributed by atoms with E-state index < -0.39 is 9.04 Å². The molecule has 0 aliphatic heterocycles. The lowest BCUT2D eigenvalue weighted by Gasteiger charge is -2.21. The normalized spacial score (nSPS) is 13.1. The summed E-state index contributed by atoms with van der Waals surface area (Å²) < 4.78 is 11.3. The molecule has 3 heteroatoms. The van der Waals surface area contributed by atoms with Gasteiger partial charge in [0.25, 0.3) is 0 Å². The molecule has 1 rings (SSSR count). The van der Waals surface area contributed by atoms with Gasteiger partial charge in [-0.1, -0.05) is 44.2 Å². The fourth-order valence-corrected chi connectivity index (χ4v) is 2.80. The van der Waals surface area contributed by atoms with E-state index in [1.54, 1.807) is 7.11 Å². The summed E-state index contributed by atoms with van der Waals surface area (Å²) in [5, 5.41) is 0. The molecule has 1 atom stereocenters. The molecule has 1 aromatic carbocycles. The molecule has 0 saturated carbocycles. The summed E-state index contributed by atoms with van der Waals surface area (Å²) in [5.74, 6) is 0. The molecule has 83 valence electrons. The lowest BCUT2D eigenvalue weighted by Crippen LogP contribution is -2.20. The number of methoxy groups -OCH3 is 1. The quantitative estimate of drug-likeness (QED) is 0.544. The fourth-order valence-electron chi connectivity index (χ4n) is 1.43. The largest absolute Gasteiger partial charge is 0.389 e. The Morgan fingerprint density at radius 2 is 1.73 bits per heavy atom. The van der Waals surface area contributed by atoms with Crippen molar-refractivity contribution >= 4 is 9.04 Å². The Labute approximate surface area is 93.9 Å². The Balaban J connectivity index is 2.64. The van der Waals surface area contributed by atoms with Crippen molar-refractivity contribution < 1.29 is 9.16 Å². The predicted molar refractivity (Wildman–Crippen MR) is 64.0 cm³/mol. The highest BCUT2D eigenvalue weighted by Crippen LogP contribution is 2.20. The number of ether oxygens (including phenoxy) is 1. The van der Waals surface area contributed by atoms with E-state index in [1.807, 2.05) is 30.3 Å². The first-order valence-corrected chi connectivity index (χ1v) is 7.23. The third-order valence-corrected chi connectivity index (χ3v) is 4.47. The number of hydrogen-bond acceptors (Lipinski definition) is 2. The van der Waals surface area contributed by atoms with Gasteiger partial charge in [-0.3, -0.25) is 0 Å². The van der Waals surface area contributed by atoms with Crippen LogP contribution in [0.15, 0.2) is 30.3 Å². The third kappa shape index (κ3) is 3.78. The molecule has 15 heavy (non-hydrogen) atoms. The summed E-state index contributed by atoms with van der Waals surface area (Å²) in [6.07, 6.45) is -0.194. The average molecular weight is 223 g/mol. The first-order chi connectivity index (χ1) is 7.31. The predicted octanol–water partition coefficient (Wildman–Crippen LogP) is 3.38. The second-order valence-electron chi connectivity index (χ2n) is 3.34.